The van der Waals surface area contributed by atoms with Crippen LogP contribution in [0.5, 0.6) is 0 Å². The van der Waals surface area contributed by atoms with E-state index in [4.69, 9.17) is 62.2 Å². The predicted molar refractivity (Wildman–Crippen MR) is 270 cm³/mol. The third-order valence-corrected chi connectivity index (χ3v) is 9.80. The number of carbonyl (C=O) groups is 3. The smallest absolute Gasteiger partial charge is 0.306 e. The molecule has 0 aliphatic carbocycles. The summed E-state index contributed by atoms with van der Waals surface area (Å²) in [6, 6.07) is 0. The van der Waals surface area contributed by atoms with Gasteiger partial charge in [0.1, 0.15) is 13.2 Å². The summed E-state index contributed by atoms with van der Waals surface area (Å²) >= 11 is 0. The van der Waals surface area contributed by atoms with E-state index < -0.39 is 146 Å². The van der Waals surface area contributed by atoms with Crippen LogP contribution in [0, 0.1) is 0 Å². The van der Waals surface area contributed by atoms with Crippen molar-refractivity contribution in [1.82, 2.24) is 0 Å². The molecule has 1 atom stereocenters. The molecule has 0 radical (unpaired) electrons. The summed E-state index contributed by atoms with van der Waals surface area (Å²) < 4.78 is 307. The Bertz CT molecular complexity index is 2430. The highest BCUT2D eigenvalue weighted by atomic mass is 16.6. The van der Waals surface area contributed by atoms with Gasteiger partial charge in [-0.2, -0.15) is 0 Å². The molecule has 0 fully saturated rings. The van der Waals surface area contributed by atoms with Crippen molar-refractivity contribution in [2.24, 2.45) is 0 Å². The summed E-state index contributed by atoms with van der Waals surface area (Å²) in [6.07, 6.45) is -50.2. The van der Waals surface area contributed by atoms with Crippen LogP contribution < -0.4 is 0 Å². The molecule has 0 saturated carbocycles. The number of allylic oxidation sites excluding steroid dienone is 2. The first-order valence-corrected chi connectivity index (χ1v) is 23.9. The summed E-state index contributed by atoms with van der Waals surface area (Å²) in [7, 11) is 0. The van der Waals surface area contributed by atoms with Gasteiger partial charge in [-0.25, -0.2) is 0 Å². The van der Waals surface area contributed by atoms with E-state index in [0.717, 1.165) is 70.6 Å². The topological polar surface area (TPSA) is 78.9 Å². The van der Waals surface area contributed by atoms with E-state index in [1.54, 1.807) is 0 Å². The van der Waals surface area contributed by atoms with Crippen molar-refractivity contribution in [1.29, 1.82) is 0 Å². The third kappa shape index (κ3) is 51.0. The van der Waals surface area contributed by atoms with Crippen molar-refractivity contribution in [3.05, 3.63) is 12.2 Å². The second-order valence-electron chi connectivity index (χ2n) is 15.4. The van der Waals surface area contributed by atoms with Crippen molar-refractivity contribution < 1.29 is 76.6 Å². The minimum Gasteiger partial charge on any atom is -0.462 e. The van der Waals surface area contributed by atoms with Crippen molar-refractivity contribution in [3.8, 4) is 0 Å². The lowest BCUT2D eigenvalue weighted by Crippen LogP contribution is -2.30. The highest BCUT2D eigenvalue weighted by molar-refractivity contribution is 5.71. The van der Waals surface area contributed by atoms with Gasteiger partial charge in [-0.1, -0.05) is 263 Å². The lowest BCUT2D eigenvalue weighted by Gasteiger charge is -2.18. The van der Waals surface area contributed by atoms with Gasteiger partial charge < -0.3 is 14.2 Å². The summed E-state index contributed by atoms with van der Waals surface area (Å²) in [5, 5.41) is 0. The molecule has 0 aliphatic heterocycles. The van der Waals surface area contributed by atoms with Crippen LogP contribution >= 0.6 is 0 Å². The zero-order valence-electron chi connectivity index (χ0n) is 73.8. The quantitative estimate of drug-likeness (QED) is 0.0262. The molecular weight excluding hydrogens is 781 g/mol. The van der Waals surface area contributed by atoms with Gasteiger partial charge in [-0.05, 0) is 44.9 Å². The van der Waals surface area contributed by atoms with Gasteiger partial charge in [0.25, 0.3) is 0 Å². The summed E-state index contributed by atoms with van der Waals surface area (Å²) in [5.41, 5.74) is 0. The lowest BCUT2D eigenvalue weighted by atomic mass is 10.0. The van der Waals surface area contributed by atoms with E-state index in [-0.39, 0.29) is 12.8 Å². The fourth-order valence-corrected chi connectivity index (χ4v) is 6.29. The maximum atomic E-state index is 13.7. The van der Waals surface area contributed by atoms with Crippen molar-refractivity contribution >= 4 is 17.9 Å². The molecule has 0 heterocycles. The molecule has 6 nitrogen and oxygen atoms in total. The number of unbranched alkanes of at least 4 members (excludes halogenated alkanes) is 25. The first-order chi connectivity index (χ1) is 44.2. The van der Waals surface area contributed by atoms with Crippen molar-refractivity contribution in [2.75, 3.05) is 13.2 Å². The maximum Gasteiger partial charge on any atom is 0.306 e. The van der Waals surface area contributed by atoms with Crippen LogP contribution in [-0.4, -0.2) is 37.2 Å². The number of hydrogen-bond donors (Lipinski definition) is 0. The second kappa shape index (κ2) is 52.8. The van der Waals surface area contributed by atoms with Crippen LogP contribution in [0.1, 0.15) is 363 Å². The molecule has 6 heteroatoms. The Balaban J connectivity index is 6.78. The molecule has 0 aromatic rings. The van der Waals surface area contributed by atoms with E-state index in [1.807, 2.05) is 0 Å². The average molecular weight is 925 g/mol. The van der Waals surface area contributed by atoms with E-state index in [0.29, 0.717) is 25.7 Å². The molecule has 0 bridgehead atoms. The van der Waals surface area contributed by atoms with Gasteiger partial charge >= 0.3 is 17.9 Å². The fraction of sp³-hybridized carbons (Fsp3) is 0.912. The first kappa shape index (κ1) is 24.4. The number of carbonyl (C=O) groups excluding carboxylic acids is 3. The molecular formula is C57H108O6. The SMILES string of the molecule is [2H]C([2H])([2H])C([2H])([2H])C([2H])([2H])C([2H])([2H])C([2H])([2H])C([2H])([2H])C([2H])([2H])C([2H])([2H])C([2H])([2H])C([2H])([2H])C([2H])([2H])C([2H])([2H])C([2H])([2H])C([2H])([2H])C([2H])([2H])C([2H])([2H])C([2H])([2H])C(=O)OCC(COC(=O)CCCCCCCCCCCCCCCCC)OC(=O)CCCCCCC/C=C\CCCCCCCC. The van der Waals surface area contributed by atoms with Crippen LogP contribution in [-0.2, 0) is 28.6 Å². The maximum absolute atomic E-state index is 13.7. The highest BCUT2D eigenvalue weighted by Gasteiger charge is 2.19. The molecule has 0 saturated heterocycles. The molecule has 0 aromatic heterocycles. The van der Waals surface area contributed by atoms with Crippen LogP contribution in [0.25, 0.3) is 0 Å². The average Bonchev–Trinajstić information content (AvgIpc) is 0.682. The van der Waals surface area contributed by atoms with Gasteiger partial charge in [0.15, 0.2) is 6.10 Å². The number of ether oxygens (including phenoxy) is 3. The van der Waals surface area contributed by atoms with Gasteiger partial charge in [0.2, 0.25) is 0 Å². The highest BCUT2D eigenvalue weighted by Crippen LogP contribution is 2.17. The molecule has 0 aromatic carbocycles. The molecule has 0 N–H and O–H groups in total. The standard InChI is InChI=1S/C57H108O6/c1-4-7-10-13-16-19-22-25-28-31-34-37-40-43-46-49-55(58)61-52-54(63-57(60)51-48-45-42-39-36-33-30-27-24-21-18-15-12-9-6-3)53-62-56(59)50-47-44-41-38-35-32-29-26-23-20-17-14-11-8-5-2/h27,30,54H,4-26,28-29,31-53H2,1-3H3/b30-27-/i1D3,4D2,7D2,10D2,13D2,16D2,19D2,22D2,25D2,28D2,31D2,34D2,37D2,40D2,43D2,46D2,49D2. The van der Waals surface area contributed by atoms with Crippen molar-refractivity contribution in [2.45, 2.75) is 321 Å². The summed E-state index contributed by atoms with van der Waals surface area (Å²) in [6.45, 7) is -1.89. The minimum atomic E-state index is -5.33. The Morgan fingerprint density at radius 1 is 0.413 bits per heavy atom. The van der Waals surface area contributed by atoms with Crippen molar-refractivity contribution in [3.63, 3.8) is 0 Å². The number of esters is 3. The number of hydrogen-bond acceptors (Lipinski definition) is 6. The van der Waals surface area contributed by atoms with E-state index in [1.165, 1.54) is 83.5 Å². The van der Waals surface area contributed by atoms with Crippen LogP contribution in [0.4, 0.5) is 0 Å². The first-order valence-electron chi connectivity index (χ1n) is 41.4. The Morgan fingerprint density at radius 2 is 0.746 bits per heavy atom. The van der Waals surface area contributed by atoms with Gasteiger partial charge in [0.05, 0.1) is 0 Å². The molecule has 1 unspecified atom stereocenters. The van der Waals surface area contributed by atoms with Crippen LogP contribution in [0.2, 0.25) is 0 Å². The zero-order chi connectivity index (χ0) is 77.0. The van der Waals surface area contributed by atoms with Crippen LogP contribution in [0.3, 0.4) is 0 Å². The fourth-order valence-electron chi connectivity index (χ4n) is 6.29. The van der Waals surface area contributed by atoms with Gasteiger partial charge in [0, 0.05) is 67.2 Å². The number of rotatable bonds is 52. The predicted octanol–water partition coefficient (Wildman–Crippen LogP) is 18.5. The molecule has 0 aliphatic rings. The molecule has 0 amide bonds. The normalized spacial score (nSPS) is 24.1. The second-order valence-corrected chi connectivity index (χ2v) is 15.4. The summed E-state index contributed by atoms with van der Waals surface area (Å²) in [5.74, 6) is -4.10. The molecule has 0 rings (SSSR count). The minimum absolute atomic E-state index is 0.0890. The Hall–Kier alpha value is -1.85. The monoisotopic (exact) mass is 924 g/mol. The lowest BCUT2D eigenvalue weighted by molar-refractivity contribution is -0.167. The molecule has 372 valence electrons. The largest absolute Gasteiger partial charge is 0.462 e. The van der Waals surface area contributed by atoms with E-state index >= 15 is 0 Å². The Labute approximate surface area is 441 Å². The van der Waals surface area contributed by atoms with E-state index in [9.17, 15) is 14.4 Å². The Morgan fingerprint density at radius 3 is 1.16 bits per heavy atom. The van der Waals surface area contributed by atoms with Crippen LogP contribution in [0.15, 0.2) is 12.2 Å². The Kier molecular flexibility index (Phi) is 20.5. The molecule has 0 spiro atoms. The molecule has 63 heavy (non-hydrogen) atoms. The third-order valence-electron chi connectivity index (χ3n) is 9.80. The zero-order valence-corrected chi connectivity index (χ0v) is 38.8. The van der Waals surface area contributed by atoms with Gasteiger partial charge in [-0.3, -0.25) is 14.4 Å². The van der Waals surface area contributed by atoms with Gasteiger partial charge in [-0.15, -0.1) is 0 Å². The van der Waals surface area contributed by atoms with E-state index in [2.05, 4.69) is 26.0 Å². The summed E-state index contributed by atoms with van der Waals surface area (Å²) in [4.78, 5) is 39.7.